The number of nitrogens with zero attached hydrogens (tertiary/aromatic N) is 2. The lowest BCUT2D eigenvalue weighted by atomic mass is 10.0. The summed E-state index contributed by atoms with van der Waals surface area (Å²) in [7, 11) is 2.02. The van der Waals surface area contributed by atoms with Gasteiger partial charge in [0.2, 0.25) is 0 Å². The second-order valence-electron chi connectivity index (χ2n) is 4.69. The van der Waals surface area contributed by atoms with E-state index >= 15 is 0 Å². The van der Waals surface area contributed by atoms with Crippen molar-refractivity contribution in [3.8, 4) is 0 Å². The van der Waals surface area contributed by atoms with Gasteiger partial charge in [0.15, 0.2) is 0 Å². The first-order valence-corrected chi connectivity index (χ1v) is 7.94. The fourth-order valence-corrected chi connectivity index (χ4v) is 3.65. The lowest BCUT2D eigenvalue weighted by Gasteiger charge is -2.16. The molecule has 0 amide bonds. The number of nitrogens with one attached hydrogen (secondary N) is 1. The maximum atomic E-state index is 4.26. The third-order valence-electron chi connectivity index (χ3n) is 3.05. The van der Waals surface area contributed by atoms with Crippen molar-refractivity contribution in [2.24, 2.45) is 0 Å². The molecule has 2 aromatic rings. The molecule has 0 fully saturated rings. The van der Waals surface area contributed by atoms with E-state index in [-0.39, 0.29) is 0 Å². The molecular formula is C13H19N3S2. The SMILES string of the molecule is CNC(CCc1ccsc1)c1snnc1C(C)C. The Morgan fingerprint density at radius 2 is 2.22 bits per heavy atom. The van der Waals surface area contributed by atoms with E-state index < -0.39 is 0 Å². The van der Waals surface area contributed by atoms with Crippen LogP contribution in [0.15, 0.2) is 16.8 Å². The average Bonchev–Trinajstić information content (AvgIpc) is 2.99. The lowest BCUT2D eigenvalue weighted by molar-refractivity contribution is 0.549. The van der Waals surface area contributed by atoms with Crippen molar-refractivity contribution in [2.45, 2.75) is 38.6 Å². The summed E-state index contributed by atoms with van der Waals surface area (Å²) in [6, 6.07) is 2.56. The molecule has 0 spiro atoms. The smallest absolute Gasteiger partial charge is 0.0829 e. The summed E-state index contributed by atoms with van der Waals surface area (Å²) < 4.78 is 4.11. The van der Waals surface area contributed by atoms with E-state index in [1.54, 1.807) is 11.3 Å². The van der Waals surface area contributed by atoms with Gasteiger partial charge in [-0.2, -0.15) is 11.3 Å². The molecular weight excluding hydrogens is 262 g/mol. The van der Waals surface area contributed by atoms with Gasteiger partial charge in [0.05, 0.1) is 10.6 Å². The minimum absolute atomic E-state index is 0.363. The highest BCUT2D eigenvalue weighted by Crippen LogP contribution is 2.29. The van der Waals surface area contributed by atoms with Crippen LogP contribution in [0.2, 0.25) is 0 Å². The molecule has 18 heavy (non-hydrogen) atoms. The van der Waals surface area contributed by atoms with Gasteiger partial charge in [0, 0.05) is 6.04 Å². The fourth-order valence-electron chi connectivity index (χ4n) is 2.00. The first-order chi connectivity index (χ1) is 8.72. The molecule has 2 rings (SSSR count). The van der Waals surface area contributed by atoms with Gasteiger partial charge in [-0.1, -0.05) is 18.3 Å². The molecule has 0 aliphatic carbocycles. The Labute approximate surface area is 116 Å². The lowest BCUT2D eigenvalue weighted by Crippen LogP contribution is -2.17. The van der Waals surface area contributed by atoms with Crippen LogP contribution in [-0.4, -0.2) is 16.6 Å². The molecule has 0 radical (unpaired) electrons. The molecule has 0 aliphatic heterocycles. The molecule has 0 saturated carbocycles. The topological polar surface area (TPSA) is 37.8 Å². The van der Waals surface area contributed by atoms with Crippen molar-refractivity contribution in [3.63, 3.8) is 0 Å². The summed E-state index contributed by atoms with van der Waals surface area (Å²) in [6.07, 6.45) is 2.20. The number of thiophene rings is 1. The molecule has 98 valence electrons. The zero-order valence-corrected chi connectivity index (χ0v) is 12.6. The van der Waals surface area contributed by atoms with Crippen molar-refractivity contribution in [1.29, 1.82) is 0 Å². The Kier molecular flexibility index (Phi) is 4.86. The Bertz CT molecular complexity index is 462. The minimum atomic E-state index is 0.363. The van der Waals surface area contributed by atoms with Crippen molar-refractivity contribution in [1.82, 2.24) is 14.9 Å². The molecule has 1 unspecified atom stereocenters. The fraction of sp³-hybridized carbons (Fsp3) is 0.538. The van der Waals surface area contributed by atoms with Gasteiger partial charge in [-0.15, -0.1) is 5.10 Å². The maximum Gasteiger partial charge on any atom is 0.0829 e. The average molecular weight is 281 g/mol. The van der Waals surface area contributed by atoms with Crippen LogP contribution in [0.25, 0.3) is 0 Å². The zero-order valence-electron chi connectivity index (χ0n) is 11.0. The van der Waals surface area contributed by atoms with Crippen LogP contribution in [0, 0.1) is 0 Å². The van der Waals surface area contributed by atoms with Crippen molar-refractivity contribution < 1.29 is 0 Å². The highest BCUT2D eigenvalue weighted by atomic mass is 32.1. The zero-order chi connectivity index (χ0) is 13.0. The van der Waals surface area contributed by atoms with E-state index in [9.17, 15) is 0 Å². The number of aryl methyl sites for hydroxylation is 1. The first-order valence-electron chi connectivity index (χ1n) is 6.22. The molecule has 0 bridgehead atoms. The van der Waals surface area contributed by atoms with Crippen molar-refractivity contribution >= 4 is 22.9 Å². The van der Waals surface area contributed by atoms with E-state index in [2.05, 4.69) is 45.6 Å². The van der Waals surface area contributed by atoms with Crippen LogP contribution in [0.3, 0.4) is 0 Å². The Morgan fingerprint density at radius 3 is 2.83 bits per heavy atom. The summed E-state index contributed by atoms with van der Waals surface area (Å²) in [5, 5.41) is 12.0. The van der Waals surface area contributed by atoms with Crippen LogP contribution >= 0.6 is 22.9 Å². The van der Waals surface area contributed by atoms with Crippen molar-refractivity contribution in [2.75, 3.05) is 7.05 Å². The van der Waals surface area contributed by atoms with Gasteiger partial charge < -0.3 is 5.32 Å². The molecule has 2 aromatic heterocycles. The summed E-state index contributed by atoms with van der Waals surface area (Å²) in [5.74, 6) is 0.441. The molecule has 0 aliphatic rings. The Hall–Kier alpha value is -0.780. The predicted octanol–water partition coefficient (Wildman–Crippen LogP) is 3.62. The maximum absolute atomic E-state index is 4.26. The van der Waals surface area contributed by atoms with Gasteiger partial charge in [0.25, 0.3) is 0 Å². The first kappa shape index (κ1) is 13.6. The number of rotatable bonds is 6. The molecule has 3 nitrogen and oxygen atoms in total. The highest BCUT2D eigenvalue weighted by Gasteiger charge is 2.19. The summed E-state index contributed by atoms with van der Waals surface area (Å²) in [4.78, 5) is 1.29. The van der Waals surface area contributed by atoms with Crippen LogP contribution in [0.5, 0.6) is 0 Å². The van der Waals surface area contributed by atoms with E-state index in [0.29, 0.717) is 12.0 Å². The number of hydrogen-bond donors (Lipinski definition) is 1. The Morgan fingerprint density at radius 1 is 1.39 bits per heavy atom. The molecule has 0 aromatic carbocycles. The monoisotopic (exact) mass is 281 g/mol. The molecule has 1 atom stereocenters. The molecule has 0 saturated heterocycles. The quantitative estimate of drug-likeness (QED) is 0.879. The van der Waals surface area contributed by atoms with E-state index in [1.165, 1.54) is 22.0 Å². The van der Waals surface area contributed by atoms with E-state index in [1.807, 2.05) is 7.05 Å². The minimum Gasteiger partial charge on any atom is -0.312 e. The normalized spacial score (nSPS) is 13.1. The summed E-state index contributed by atoms with van der Waals surface area (Å²) >= 11 is 3.29. The third-order valence-corrected chi connectivity index (χ3v) is 4.64. The molecule has 1 N–H and O–H groups in total. The summed E-state index contributed by atoms with van der Waals surface area (Å²) in [6.45, 7) is 4.34. The number of aromatic nitrogens is 2. The van der Waals surface area contributed by atoms with Gasteiger partial charge in [-0.3, -0.25) is 0 Å². The van der Waals surface area contributed by atoms with E-state index in [4.69, 9.17) is 0 Å². The Balaban J connectivity index is 2.06. The van der Waals surface area contributed by atoms with E-state index in [0.717, 1.165) is 18.5 Å². The number of hydrogen-bond acceptors (Lipinski definition) is 5. The second kappa shape index (κ2) is 6.41. The standard InChI is InChI=1S/C13H19N3S2/c1-9(2)12-13(18-16-15-12)11(14-3)5-4-10-6-7-17-8-10/h6-9,11,14H,4-5H2,1-3H3. The van der Waals surface area contributed by atoms with Crippen LogP contribution in [0.1, 0.15) is 48.4 Å². The van der Waals surface area contributed by atoms with Crippen molar-refractivity contribution in [3.05, 3.63) is 33.0 Å². The van der Waals surface area contributed by atoms with Gasteiger partial charge in [0.1, 0.15) is 0 Å². The second-order valence-corrected chi connectivity index (χ2v) is 6.25. The molecule has 5 heteroatoms. The summed E-state index contributed by atoms with van der Waals surface area (Å²) in [5.41, 5.74) is 2.56. The predicted molar refractivity (Wildman–Crippen MR) is 78.4 cm³/mol. The van der Waals surface area contributed by atoms with Gasteiger partial charge in [-0.05, 0) is 59.7 Å². The molecule has 2 heterocycles. The highest BCUT2D eigenvalue weighted by molar-refractivity contribution is 7.08. The largest absolute Gasteiger partial charge is 0.312 e. The van der Waals surface area contributed by atoms with Gasteiger partial charge in [-0.25, -0.2) is 0 Å². The van der Waals surface area contributed by atoms with Crippen LogP contribution < -0.4 is 5.32 Å². The van der Waals surface area contributed by atoms with Crippen LogP contribution in [-0.2, 0) is 6.42 Å². The third kappa shape index (κ3) is 3.16. The van der Waals surface area contributed by atoms with Crippen LogP contribution in [0.4, 0.5) is 0 Å². The van der Waals surface area contributed by atoms with Gasteiger partial charge >= 0.3 is 0 Å².